The highest BCUT2D eigenvalue weighted by atomic mass is 32.2. The van der Waals surface area contributed by atoms with E-state index in [4.69, 9.17) is 0 Å². The van der Waals surface area contributed by atoms with Gasteiger partial charge in [0, 0.05) is 18.7 Å². The average molecular weight is 385 g/mol. The average Bonchev–Trinajstić information content (AvgIpc) is 3.32. The van der Waals surface area contributed by atoms with Crippen LogP contribution in [0.1, 0.15) is 25.7 Å². The first-order chi connectivity index (χ1) is 12.9. The maximum absolute atomic E-state index is 12.9. The molecule has 2 aromatic carbocycles. The van der Waals surface area contributed by atoms with Crippen molar-refractivity contribution in [2.45, 2.75) is 30.6 Å². The van der Waals surface area contributed by atoms with Crippen molar-refractivity contribution in [2.75, 3.05) is 16.7 Å². The highest BCUT2D eigenvalue weighted by molar-refractivity contribution is 7.92. The zero-order valence-electron chi connectivity index (χ0n) is 15.3. The fraction of sp³-hybridized carbons (Fsp3) is 0.381. The molecule has 2 fully saturated rings. The fourth-order valence-electron chi connectivity index (χ4n) is 4.47. The van der Waals surface area contributed by atoms with Crippen molar-refractivity contribution in [3.63, 3.8) is 0 Å². The van der Waals surface area contributed by atoms with E-state index < -0.39 is 10.0 Å². The molecule has 0 spiro atoms. The Kier molecular flexibility index (Phi) is 4.68. The Hall–Kier alpha value is -2.34. The van der Waals surface area contributed by atoms with Gasteiger partial charge >= 0.3 is 0 Å². The number of amides is 1. The molecule has 6 heteroatoms. The Balaban J connectivity index is 1.52. The van der Waals surface area contributed by atoms with E-state index in [2.05, 4.69) is 5.32 Å². The zero-order valence-corrected chi connectivity index (χ0v) is 16.2. The van der Waals surface area contributed by atoms with Gasteiger partial charge in [0.15, 0.2) is 0 Å². The number of nitrogens with one attached hydrogen (secondary N) is 1. The molecular formula is C21H24N2O3S. The minimum absolute atomic E-state index is 0.0214. The summed E-state index contributed by atoms with van der Waals surface area (Å²) in [7, 11) is -2.16. The Morgan fingerprint density at radius 3 is 2.48 bits per heavy atom. The molecule has 2 saturated carbocycles. The summed E-state index contributed by atoms with van der Waals surface area (Å²) in [4.78, 5) is 12.8. The molecule has 0 heterocycles. The van der Waals surface area contributed by atoms with Crippen molar-refractivity contribution in [3.05, 3.63) is 54.6 Å². The molecule has 1 amide bonds. The van der Waals surface area contributed by atoms with Gasteiger partial charge in [-0.1, -0.05) is 30.7 Å². The minimum Gasteiger partial charge on any atom is -0.326 e. The molecule has 4 rings (SSSR count). The molecule has 2 aliphatic carbocycles. The van der Waals surface area contributed by atoms with Gasteiger partial charge in [-0.05, 0) is 61.4 Å². The largest absolute Gasteiger partial charge is 0.326 e. The van der Waals surface area contributed by atoms with Gasteiger partial charge < -0.3 is 5.32 Å². The van der Waals surface area contributed by atoms with Crippen LogP contribution in [-0.4, -0.2) is 21.4 Å². The highest BCUT2D eigenvalue weighted by Gasteiger charge is 2.43. The summed E-state index contributed by atoms with van der Waals surface area (Å²) >= 11 is 0. The molecule has 0 aromatic heterocycles. The third-order valence-corrected chi connectivity index (χ3v) is 7.74. The van der Waals surface area contributed by atoms with E-state index >= 15 is 0 Å². The van der Waals surface area contributed by atoms with E-state index in [1.165, 1.54) is 17.8 Å². The molecular weight excluding hydrogens is 360 g/mol. The number of fused-ring (bicyclic) bond motifs is 2. The van der Waals surface area contributed by atoms with Crippen molar-refractivity contribution in [2.24, 2.45) is 17.8 Å². The first kappa shape index (κ1) is 18.0. The van der Waals surface area contributed by atoms with Crippen LogP contribution in [0.15, 0.2) is 59.5 Å². The highest BCUT2D eigenvalue weighted by Crippen LogP contribution is 2.48. The number of benzene rings is 2. The SMILES string of the molecule is CN(c1ccccc1)S(=O)(=O)c1cccc(NC(=O)C2CC3CCC2C3)c1. The van der Waals surface area contributed by atoms with Crippen LogP contribution in [0.4, 0.5) is 11.4 Å². The van der Waals surface area contributed by atoms with E-state index in [1.807, 2.05) is 6.07 Å². The van der Waals surface area contributed by atoms with Crippen LogP contribution in [0.25, 0.3) is 0 Å². The van der Waals surface area contributed by atoms with Crippen LogP contribution in [-0.2, 0) is 14.8 Å². The monoisotopic (exact) mass is 384 g/mol. The molecule has 5 nitrogen and oxygen atoms in total. The molecule has 3 atom stereocenters. The molecule has 0 radical (unpaired) electrons. The van der Waals surface area contributed by atoms with Crippen molar-refractivity contribution in [3.8, 4) is 0 Å². The molecule has 142 valence electrons. The predicted octanol–water partition coefficient (Wildman–Crippen LogP) is 3.89. The summed E-state index contributed by atoms with van der Waals surface area (Å²) in [5.74, 6) is 1.27. The van der Waals surface area contributed by atoms with Gasteiger partial charge in [0.1, 0.15) is 0 Å². The van der Waals surface area contributed by atoms with Crippen LogP contribution in [0.3, 0.4) is 0 Å². The second-order valence-electron chi connectivity index (χ2n) is 7.61. The number of sulfonamides is 1. The number of carbonyl (C=O) groups is 1. The van der Waals surface area contributed by atoms with E-state index in [9.17, 15) is 13.2 Å². The summed E-state index contributed by atoms with van der Waals surface area (Å²) in [6, 6.07) is 15.4. The van der Waals surface area contributed by atoms with Gasteiger partial charge in [-0.3, -0.25) is 9.10 Å². The lowest BCUT2D eigenvalue weighted by Crippen LogP contribution is -2.28. The quantitative estimate of drug-likeness (QED) is 0.850. The van der Waals surface area contributed by atoms with Crippen LogP contribution in [0.5, 0.6) is 0 Å². The summed E-state index contributed by atoms with van der Waals surface area (Å²) in [6.07, 6.45) is 4.51. The summed E-state index contributed by atoms with van der Waals surface area (Å²) in [6.45, 7) is 0. The van der Waals surface area contributed by atoms with Gasteiger partial charge in [-0.25, -0.2) is 8.42 Å². The second-order valence-corrected chi connectivity index (χ2v) is 9.58. The lowest BCUT2D eigenvalue weighted by molar-refractivity contribution is -0.121. The van der Waals surface area contributed by atoms with Crippen molar-refractivity contribution < 1.29 is 13.2 Å². The molecule has 27 heavy (non-hydrogen) atoms. The standard InChI is InChI=1S/C21H24N2O3S/c1-23(18-7-3-2-4-8-18)27(25,26)19-9-5-6-17(14-19)22-21(24)20-13-15-10-11-16(20)12-15/h2-9,14-16,20H,10-13H2,1H3,(H,22,24). The molecule has 2 aromatic rings. The van der Waals surface area contributed by atoms with Crippen LogP contribution in [0.2, 0.25) is 0 Å². The Morgan fingerprint density at radius 2 is 1.81 bits per heavy atom. The summed E-state index contributed by atoms with van der Waals surface area (Å²) < 4.78 is 27.1. The lowest BCUT2D eigenvalue weighted by atomic mass is 9.88. The van der Waals surface area contributed by atoms with Crippen molar-refractivity contribution >= 4 is 27.3 Å². The smallest absolute Gasteiger partial charge is 0.264 e. The van der Waals surface area contributed by atoms with Gasteiger partial charge in [-0.15, -0.1) is 0 Å². The summed E-state index contributed by atoms with van der Waals surface area (Å²) in [5, 5.41) is 2.94. The maximum atomic E-state index is 12.9. The molecule has 1 N–H and O–H groups in total. The molecule has 0 saturated heterocycles. The Morgan fingerprint density at radius 1 is 1.04 bits per heavy atom. The fourth-order valence-corrected chi connectivity index (χ4v) is 5.71. The number of para-hydroxylation sites is 1. The van der Waals surface area contributed by atoms with E-state index in [-0.39, 0.29) is 16.7 Å². The van der Waals surface area contributed by atoms with Gasteiger partial charge in [0.2, 0.25) is 5.91 Å². The van der Waals surface area contributed by atoms with Crippen LogP contribution in [0, 0.1) is 17.8 Å². The van der Waals surface area contributed by atoms with Crippen molar-refractivity contribution in [1.82, 2.24) is 0 Å². The van der Waals surface area contributed by atoms with Gasteiger partial charge in [0.25, 0.3) is 10.0 Å². The van der Waals surface area contributed by atoms with E-state index in [0.29, 0.717) is 23.2 Å². The Labute approximate surface area is 160 Å². The minimum atomic E-state index is -3.70. The zero-order chi connectivity index (χ0) is 19.0. The normalized spacial score (nSPS) is 24.0. The van der Waals surface area contributed by atoms with Gasteiger partial charge in [-0.2, -0.15) is 0 Å². The lowest BCUT2D eigenvalue weighted by Gasteiger charge is -2.22. The maximum Gasteiger partial charge on any atom is 0.264 e. The first-order valence-corrected chi connectivity index (χ1v) is 10.8. The molecule has 2 bridgehead atoms. The van der Waals surface area contributed by atoms with Gasteiger partial charge in [0.05, 0.1) is 10.6 Å². The van der Waals surface area contributed by atoms with E-state index in [0.717, 1.165) is 19.3 Å². The van der Waals surface area contributed by atoms with Crippen molar-refractivity contribution in [1.29, 1.82) is 0 Å². The van der Waals surface area contributed by atoms with E-state index in [1.54, 1.807) is 48.5 Å². The second kappa shape index (κ2) is 7.00. The molecule has 0 aliphatic heterocycles. The number of hydrogen-bond acceptors (Lipinski definition) is 3. The topological polar surface area (TPSA) is 66.5 Å². The molecule has 2 aliphatic rings. The Bertz CT molecular complexity index is 943. The summed E-state index contributed by atoms with van der Waals surface area (Å²) in [5.41, 5.74) is 1.12. The third-order valence-electron chi connectivity index (χ3n) is 5.95. The number of hydrogen-bond donors (Lipinski definition) is 1. The van der Waals surface area contributed by atoms with Crippen LogP contribution < -0.4 is 9.62 Å². The molecule has 3 unspecified atom stereocenters. The first-order valence-electron chi connectivity index (χ1n) is 9.40. The number of carbonyl (C=O) groups excluding carboxylic acids is 1. The number of anilines is 2. The third kappa shape index (κ3) is 3.46. The number of rotatable bonds is 5. The number of nitrogens with zero attached hydrogens (tertiary/aromatic N) is 1. The van der Waals surface area contributed by atoms with Crippen LogP contribution >= 0.6 is 0 Å². The predicted molar refractivity (Wildman–Crippen MR) is 106 cm³/mol.